The molecular weight excluding hydrogens is 211 g/mol. The lowest BCUT2D eigenvalue weighted by Crippen LogP contribution is -1.87. The molecule has 2 aromatic heterocycles. The highest BCUT2D eigenvalue weighted by Crippen LogP contribution is 2.03. The second kappa shape index (κ2) is 4.65. The average Bonchev–Trinajstić information content (AvgIpc) is 2.47. The van der Waals surface area contributed by atoms with Crippen LogP contribution in [-0.4, -0.2) is 14.6 Å². The van der Waals surface area contributed by atoms with E-state index in [0.717, 1.165) is 0 Å². The molecule has 0 unspecified atom stereocenters. The summed E-state index contributed by atoms with van der Waals surface area (Å²) in [4.78, 5) is 3.99. The zero-order valence-electron chi connectivity index (χ0n) is 6.41. The van der Waals surface area contributed by atoms with Gasteiger partial charge in [-0.3, -0.25) is 0 Å². The first-order valence-electron chi connectivity index (χ1n) is 3.10. The Morgan fingerprint density at radius 3 is 2.85 bits per heavy atom. The molecule has 0 bridgehead atoms. The molecule has 0 fully saturated rings. The summed E-state index contributed by atoms with van der Waals surface area (Å²) in [5.41, 5.74) is 1.11. The summed E-state index contributed by atoms with van der Waals surface area (Å²) in [7, 11) is 0. The summed E-state index contributed by atoms with van der Waals surface area (Å²) in [6.45, 7) is 0. The van der Waals surface area contributed by atoms with E-state index in [2.05, 4.69) is 10.1 Å². The van der Waals surface area contributed by atoms with Crippen LogP contribution in [0.3, 0.4) is 0 Å². The van der Waals surface area contributed by atoms with E-state index < -0.39 is 0 Å². The SMILES string of the molecule is Cl.Cl.N#Cc1cnn2cccnc12. The topological polar surface area (TPSA) is 54.0 Å². The molecule has 4 nitrogen and oxygen atoms in total. The zero-order valence-corrected chi connectivity index (χ0v) is 8.05. The minimum atomic E-state index is 0. The van der Waals surface area contributed by atoms with Crippen molar-refractivity contribution >= 4 is 30.5 Å². The smallest absolute Gasteiger partial charge is 0.172 e. The van der Waals surface area contributed by atoms with Crippen LogP contribution in [0, 0.1) is 11.3 Å². The Hall–Kier alpha value is -1.31. The second-order valence-electron chi connectivity index (χ2n) is 2.06. The van der Waals surface area contributed by atoms with Crippen LogP contribution in [0.1, 0.15) is 5.56 Å². The first-order chi connectivity index (χ1) is 5.42. The van der Waals surface area contributed by atoms with E-state index in [0.29, 0.717) is 11.2 Å². The maximum atomic E-state index is 8.58. The van der Waals surface area contributed by atoms with Crippen molar-refractivity contribution < 1.29 is 0 Å². The van der Waals surface area contributed by atoms with E-state index in [1.807, 2.05) is 6.07 Å². The van der Waals surface area contributed by atoms with E-state index >= 15 is 0 Å². The van der Waals surface area contributed by atoms with Gasteiger partial charge in [-0.1, -0.05) is 0 Å². The molecule has 2 rings (SSSR count). The van der Waals surface area contributed by atoms with Crippen LogP contribution in [-0.2, 0) is 0 Å². The van der Waals surface area contributed by atoms with Crippen molar-refractivity contribution in [3.05, 3.63) is 30.2 Å². The summed E-state index contributed by atoms with van der Waals surface area (Å²) in [6, 6.07) is 3.77. The largest absolute Gasteiger partial charge is 0.236 e. The van der Waals surface area contributed by atoms with Crippen molar-refractivity contribution in [1.82, 2.24) is 14.6 Å². The number of rotatable bonds is 0. The van der Waals surface area contributed by atoms with Gasteiger partial charge >= 0.3 is 0 Å². The predicted molar refractivity (Wildman–Crippen MR) is 52.2 cm³/mol. The molecule has 0 atom stereocenters. The third kappa shape index (κ3) is 1.89. The maximum absolute atomic E-state index is 8.58. The third-order valence-corrected chi connectivity index (χ3v) is 1.40. The van der Waals surface area contributed by atoms with Crippen LogP contribution >= 0.6 is 24.8 Å². The minimum absolute atomic E-state index is 0. The van der Waals surface area contributed by atoms with Crippen LogP contribution in [0.25, 0.3) is 5.65 Å². The normalized spacial score (nSPS) is 8.23. The molecule has 13 heavy (non-hydrogen) atoms. The van der Waals surface area contributed by atoms with Crippen molar-refractivity contribution in [1.29, 1.82) is 5.26 Å². The molecule has 68 valence electrons. The van der Waals surface area contributed by atoms with Crippen LogP contribution in [0.5, 0.6) is 0 Å². The van der Waals surface area contributed by atoms with E-state index in [4.69, 9.17) is 5.26 Å². The highest BCUT2D eigenvalue weighted by Gasteiger charge is 2.00. The number of nitriles is 1. The van der Waals surface area contributed by atoms with Crippen molar-refractivity contribution in [2.24, 2.45) is 0 Å². The van der Waals surface area contributed by atoms with Crippen molar-refractivity contribution in [3.63, 3.8) is 0 Å². The number of fused-ring (bicyclic) bond motifs is 1. The van der Waals surface area contributed by atoms with Gasteiger partial charge in [-0.05, 0) is 6.07 Å². The van der Waals surface area contributed by atoms with Crippen molar-refractivity contribution in [3.8, 4) is 6.07 Å². The molecule has 6 heteroatoms. The molecule has 2 aromatic rings. The fraction of sp³-hybridized carbons (Fsp3) is 0. The van der Waals surface area contributed by atoms with Gasteiger partial charge < -0.3 is 0 Å². The third-order valence-electron chi connectivity index (χ3n) is 1.40. The van der Waals surface area contributed by atoms with Gasteiger partial charge in [0.05, 0.1) is 6.20 Å². The number of hydrogen-bond acceptors (Lipinski definition) is 3. The summed E-state index contributed by atoms with van der Waals surface area (Å²) in [5.74, 6) is 0. The first kappa shape index (κ1) is 11.7. The van der Waals surface area contributed by atoms with Gasteiger partial charge in [-0.2, -0.15) is 10.4 Å². The van der Waals surface area contributed by atoms with Gasteiger partial charge in [0.2, 0.25) is 0 Å². The minimum Gasteiger partial charge on any atom is -0.236 e. The van der Waals surface area contributed by atoms with Gasteiger partial charge in [0, 0.05) is 12.4 Å². The van der Waals surface area contributed by atoms with Crippen molar-refractivity contribution in [2.75, 3.05) is 0 Å². The highest BCUT2D eigenvalue weighted by atomic mass is 35.5. The number of nitrogens with zero attached hydrogens (tertiary/aromatic N) is 4. The molecule has 0 aliphatic heterocycles. The lowest BCUT2D eigenvalue weighted by atomic mass is 10.4. The van der Waals surface area contributed by atoms with E-state index in [-0.39, 0.29) is 24.8 Å². The number of aromatic nitrogens is 3. The van der Waals surface area contributed by atoms with Gasteiger partial charge in [0.1, 0.15) is 11.6 Å². The van der Waals surface area contributed by atoms with E-state index in [1.54, 1.807) is 23.0 Å². The Balaban J connectivity index is 0.000000720. The Kier molecular flexibility index (Phi) is 4.18. The highest BCUT2D eigenvalue weighted by molar-refractivity contribution is 5.85. The fourth-order valence-corrected chi connectivity index (χ4v) is 0.906. The maximum Gasteiger partial charge on any atom is 0.172 e. The van der Waals surface area contributed by atoms with Crippen LogP contribution in [0.15, 0.2) is 24.7 Å². The van der Waals surface area contributed by atoms with E-state index in [9.17, 15) is 0 Å². The van der Waals surface area contributed by atoms with Crippen LogP contribution in [0.4, 0.5) is 0 Å². The summed E-state index contributed by atoms with van der Waals surface area (Å²) in [5, 5.41) is 12.5. The standard InChI is InChI=1S/C7H4N4.2ClH/c8-4-6-5-10-11-3-1-2-9-7(6)11;;/h1-3,5H;2*1H. The molecule has 0 aliphatic rings. The summed E-state index contributed by atoms with van der Waals surface area (Å²) in [6.07, 6.45) is 4.89. The predicted octanol–water partition coefficient (Wildman–Crippen LogP) is 1.44. The first-order valence-corrected chi connectivity index (χ1v) is 3.10. The zero-order chi connectivity index (χ0) is 7.68. The second-order valence-corrected chi connectivity index (χ2v) is 2.06. The molecule has 0 aromatic carbocycles. The molecule has 0 spiro atoms. The lowest BCUT2D eigenvalue weighted by Gasteiger charge is -1.87. The molecule has 0 saturated carbocycles. The van der Waals surface area contributed by atoms with Crippen molar-refractivity contribution in [2.45, 2.75) is 0 Å². The van der Waals surface area contributed by atoms with E-state index in [1.165, 1.54) is 6.20 Å². The summed E-state index contributed by atoms with van der Waals surface area (Å²) < 4.78 is 1.57. The Labute approximate surface area is 87.0 Å². The molecular formula is C7H6Cl2N4. The molecule has 0 aliphatic carbocycles. The van der Waals surface area contributed by atoms with Gasteiger partial charge in [0.25, 0.3) is 0 Å². The Morgan fingerprint density at radius 2 is 2.15 bits per heavy atom. The summed E-state index contributed by atoms with van der Waals surface area (Å²) >= 11 is 0. The molecule has 0 N–H and O–H groups in total. The van der Waals surface area contributed by atoms with Crippen LogP contribution in [0.2, 0.25) is 0 Å². The van der Waals surface area contributed by atoms with Gasteiger partial charge in [-0.15, -0.1) is 24.8 Å². The molecule has 0 amide bonds. The van der Waals surface area contributed by atoms with Gasteiger partial charge in [-0.25, -0.2) is 9.50 Å². The Morgan fingerprint density at radius 1 is 1.38 bits per heavy atom. The molecule has 0 saturated heterocycles. The van der Waals surface area contributed by atoms with Gasteiger partial charge in [0.15, 0.2) is 5.65 Å². The average molecular weight is 217 g/mol. The number of hydrogen-bond donors (Lipinski definition) is 0. The van der Waals surface area contributed by atoms with Crippen LogP contribution < -0.4 is 0 Å². The Bertz CT molecular complexity index is 431. The molecule has 0 radical (unpaired) electrons. The quantitative estimate of drug-likeness (QED) is 0.670. The molecule has 2 heterocycles. The monoisotopic (exact) mass is 216 g/mol. The fourth-order valence-electron chi connectivity index (χ4n) is 0.906. The lowest BCUT2D eigenvalue weighted by molar-refractivity contribution is 0.939. The number of halogens is 2.